The second kappa shape index (κ2) is 12.0. The molecule has 1 saturated heterocycles. The van der Waals surface area contributed by atoms with E-state index in [2.05, 4.69) is 25.0 Å². The first-order valence-corrected chi connectivity index (χ1v) is 19.6. The monoisotopic (exact) mass is 617 g/mol. The fourth-order valence-electron chi connectivity index (χ4n) is 5.25. The molecule has 0 amide bonds. The standard InChI is InChI=1S/C29H37F2N5O4SSi/c1-41(38,39)35-12-10-20(11-13-35)32-29-27-28(36(34-29)18-40-14-15-42(2,3)4)21-9-8-19(17-37)16-22(21)26(33-27)25-23(30)6-5-7-24(25)31/h5-9,16,20,37H,10-15,17-18H2,1-4H3,(H,32,34). The number of ether oxygens (including phenoxy) is 1. The van der Waals surface area contributed by atoms with Crippen LogP contribution in [0.3, 0.4) is 0 Å². The smallest absolute Gasteiger partial charge is 0.211 e. The number of rotatable bonds is 10. The van der Waals surface area contributed by atoms with Gasteiger partial charge in [0.25, 0.3) is 0 Å². The number of nitrogens with one attached hydrogen (secondary N) is 1. The number of sulfonamides is 1. The van der Waals surface area contributed by atoms with Gasteiger partial charge in [-0.3, -0.25) is 0 Å². The molecule has 13 heteroatoms. The molecule has 0 atom stereocenters. The van der Waals surface area contributed by atoms with Crippen LogP contribution in [0.15, 0.2) is 36.4 Å². The molecule has 0 spiro atoms. The number of aromatic nitrogens is 3. The first-order valence-electron chi connectivity index (χ1n) is 14.0. The molecular formula is C29H37F2N5O4SSi. The summed E-state index contributed by atoms with van der Waals surface area (Å²) in [4.78, 5) is 4.82. The number of hydrogen-bond donors (Lipinski definition) is 2. The molecule has 2 N–H and O–H groups in total. The summed E-state index contributed by atoms with van der Waals surface area (Å²) in [7, 11) is -4.60. The number of fused-ring (bicyclic) bond motifs is 3. The Balaban J connectivity index is 1.64. The van der Waals surface area contributed by atoms with Gasteiger partial charge < -0.3 is 15.2 Å². The molecule has 5 rings (SSSR count). The van der Waals surface area contributed by atoms with E-state index in [1.165, 1.54) is 28.8 Å². The lowest BCUT2D eigenvalue weighted by Crippen LogP contribution is -2.41. The van der Waals surface area contributed by atoms with E-state index >= 15 is 8.78 Å². The molecule has 1 aliphatic rings. The van der Waals surface area contributed by atoms with Crippen LogP contribution in [0.25, 0.3) is 33.1 Å². The summed E-state index contributed by atoms with van der Waals surface area (Å²) in [5.74, 6) is -1.06. The summed E-state index contributed by atoms with van der Waals surface area (Å²) in [5, 5.41) is 19.2. The molecule has 0 unspecified atom stereocenters. The largest absolute Gasteiger partial charge is 0.392 e. The highest BCUT2D eigenvalue weighted by molar-refractivity contribution is 7.88. The number of nitrogens with zero attached hydrogens (tertiary/aromatic N) is 4. The topological polar surface area (TPSA) is 110 Å². The number of halogens is 2. The molecule has 1 fully saturated rings. The third-order valence-electron chi connectivity index (χ3n) is 7.60. The van der Waals surface area contributed by atoms with Gasteiger partial charge in [0.15, 0.2) is 5.82 Å². The molecule has 0 radical (unpaired) electrons. The average molecular weight is 618 g/mol. The lowest BCUT2D eigenvalue weighted by atomic mass is 9.99. The molecule has 0 bridgehead atoms. The van der Waals surface area contributed by atoms with Crippen molar-refractivity contribution >= 4 is 45.7 Å². The lowest BCUT2D eigenvalue weighted by Gasteiger charge is -2.30. The van der Waals surface area contributed by atoms with Crippen LogP contribution in [0.2, 0.25) is 25.7 Å². The van der Waals surface area contributed by atoms with Gasteiger partial charge in [-0.2, -0.15) is 5.10 Å². The van der Waals surface area contributed by atoms with Crippen LogP contribution in [-0.4, -0.2) is 72.7 Å². The predicted octanol–water partition coefficient (Wildman–Crippen LogP) is 5.17. The second-order valence-corrected chi connectivity index (χ2v) is 19.7. The van der Waals surface area contributed by atoms with E-state index in [0.29, 0.717) is 65.7 Å². The molecule has 3 heterocycles. The highest BCUT2D eigenvalue weighted by atomic mass is 32.2. The van der Waals surface area contributed by atoms with Crippen molar-refractivity contribution in [3.8, 4) is 11.3 Å². The highest BCUT2D eigenvalue weighted by Gasteiger charge is 2.28. The maximum absolute atomic E-state index is 15.1. The summed E-state index contributed by atoms with van der Waals surface area (Å²) >= 11 is 0. The first kappa shape index (κ1) is 30.5. The zero-order valence-corrected chi connectivity index (χ0v) is 26.1. The zero-order chi connectivity index (χ0) is 30.2. The van der Waals surface area contributed by atoms with Gasteiger partial charge in [0.2, 0.25) is 10.0 Å². The van der Waals surface area contributed by atoms with E-state index in [4.69, 9.17) is 14.8 Å². The normalized spacial score (nSPS) is 15.6. The Kier molecular flexibility index (Phi) is 8.68. The third-order valence-corrected chi connectivity index (χ3v) is 10.6. The fourth-order valence-corrected chi connectivity index (χ4v) is 6.88. The van der Waals surface area contributed by atoms with Gasteiger partial charge in [-0.05, 0) is 42.6 Å². The van der Waals surface area contributed by atoms with Crippen molar-refractivity contribution < 1.29 is 27.0 Å². The Morgan fingerprint density at radius 2 is 1.79 bits per heavy atom. The Labute approximate surface area is 245 Å². The maximum atomic E-state index is 15.1. The van der Waals surface area contributed by atoms with Crippen LogP contribution in [0.1, 0.15) is 18.4 Å². The van der Waals surface area contributed by atoms with Crippen LogP contribution < -0.4 is 5.32 Å². The molecular weight excluding hydrogens is 580 g/mol. The van der Waals surface area contributed by atoms with E-state index in [-0.39, 0.29) is 30.6 Å². The Morgan fingerprint density at radius 3 is 2.40 bits per heavy atom. The Bertz CT molecular complexity index is 1700. The zero-order valence-electron chi connectivity index (χ0n) is 24.3. The highest BCUT2D eigenvalue weighted by Crippen LogP contribution is 2.38. The molecule has 2 aromatic carbocycles. The van der Waals surface area contributed by atoms with Crippen LogP contribution in [0, 0.1) is 11.6 Å². The SMILES string of the molecule is C[Si](C)(C)CCOCn1nc(NC2CCN(S(C)(=O)=O)CC2)c2nc(-c3c(F)cccc3F)c3cc(CO)ccc3c21. The molecule has 2 aromatic heterocycles. The van der Waals surface area contributed by atoms with E-state index in [9.17, 15) is 13.5 Å². The van der Waals surface area contributed by atoms with Gasteiger partial charge in [-0.25, -0.2) is 31.2 Å². The Hall–Kier alpha value is -2.97. The minimum atomic E-state index is -3.28. The summed E-state index contributed by atoms with van der Waals surface area (Å²) < 4.78 is 63.5. The van der Waals surface area contributed by atoms with Gasteiger partial charge in [0.1, 0.15) is 23.9 Å². The van der Waals surface area contributed by atoms with Gasteiger partial charge in [-0.1, -0.05) is 37.8 Å². The van der Waals surface area contributed by atoms with Crippen LogP contribution in [-0.2, 0) is 28.1 Å². The Morgan fingerprint density at radius 1 is 1.10 bits per heavy atom. The van der Waals surface area contributed by atoms with Gasteiger partial charge in [-0.15, -0.1) is 0 Å². The van der Waals surface area contributed by atoms with Crippen molar-refractivity contribution in [2.75, 3.05) is 31.3 Å². The molecule has 42 heavy (non-hydrogen) atoms. The minimum absolute atomic E-state index is 0.0785. The average Bonchev–Trinajstić information content (AvgIpc) is 3.26. The van der Waals surface area contributed by atoms with Gasteiger partial charge >= 0.3 is 0 Å². The summed E-state index contributed by atoms with van der Waals surface area (Å²) in [6.45, 7) is 8.06. The molecule has 4 aromatic rings. The van der Waals surface area contributed by atoms with Crippen molar-refractivity contribution in [1.29, 1.82) is 0 Å². The number of benzene rings is 2. The van der Waals surface area contributed by atoms with Crippen LogP contribution in [0.4, 0.5) is 14.6 Å². The van der Waals surface area contributed by atoms with Crippen molar-refractivity contribution in [1.82, 2.24) is 19.1 Å². The maximum Gasteiger partial charge on any atom is 0.211 e. The van der Waals surface area contributed by atoms with Gasteiger partial charge in [0.05, 0.1) is 29.6 Å². The summed E-state index contributed by atoms with van der Waals surface area (Å²) in [6, 6.07) is 9.85. The molecule has 226 valence electrons. The lowest BCUT2D eigenvalue weighted by molar-refractivity contribution is 0.0820. The van der Waals surface area contributed by atoms with Crippen molar-refractivity contribution in [3.05, 3.63) is 53.6 Å². The van der Waals surface area contributed by atoms with E-state index < -0.39 is 29.7 Å². The summed E-state index contributed by atoms with van der Waals surface area (Å²) in [6.07, 6.45) is 2.34. The van der Waals surface area contributed by atoms with Crippen molar-refractivity contribution in [2.45, 2.75) is 57.9 Å². The van der Waals surface area contributed by atoms with E-state index in [0.717, 1.165) is 6.04 Å². The molecule has 9 nitrogen and oxygen atoms in total. The van der Waals surface area contributed by atoms with Crippen molar-refractivity contribution in [2.24, 2.45) is 0 Å². The second-order valence-electron chi connectivity index (χ2n) is 12.1. The van der Waals surface area contributed by atoms with E-state index in [1.807, 2.05) is 6.07 Å². The minimum Gasteiger partial charge on any atom is -0.392 e. The van der Waals surface area contributed by atoms with Crippen LogP contribution in [0.5, 0.6) is 0 Å². The number of hydrogen-bond acceptors (Lipinski definition) is 7. The number of aliphatic hydroxyl groups is 1. The molecule has 1 aliphatic heterocycles. The molecule has 0 saturated carbocycles. The summed E-state index contributed by atoms with van der Waals surface area (Å²) in [5.41, 5.74) is 1.49. The molecule has 0 aliphatic carbocycles. The van der Waals surface area contributed by atoms with Crippen LogP contribution >= 0.6 is 0 Å². The number of pyridine rings is 1. The third kappa shape index (κ3) is 6.49. The van der Waals surface area contributed by atoms with Crippen molar-refractivity contribution in [3.63, 3.8) is 0 Å². The quantitative estimate of drug-likeness (QED) is 0.187. The number of anilines is 1. The first-order chi connectivity index (χ1) is 19.9. The van der Waals surface area contributed by atoms with Gasteiger partial charge in [0, 0.05) is 44.6 Å². The number of piperidine rings is 1. The predicted molar refractivity (Wildman–Crippen MR) is 163 cm³/mol. The number of aliphatic hydroxyl groups excluding tert-OH is 1. The fraction of sp³-hybridized carbons (Fsp3) is 0.448. The van der Waals surface area contributed by atoms with E-state index in [1.54, 1.807) is 16.8 Å².